The van der Waals surface area contributed by atoms with Crippen LogP contribution < -0.4 is 23.7 Å². The number of rotatable bonds is 5. The Morgan fingerprint density at radius 2 is 1.46 bits per heavy atom. The molecule has 2 aromatic rings. The Balaban J connectivity index is 1.45. The van der Waals surface area contributed by atoms with E-state index in [1.54, 1.807) is 24.3 Å². The fraction of sp³-hybridized carbons (Fsp3) is 0.368. The zero-order valence-corrected chi connectivity index (χ0v) is 15.9. The minimum atomic E-state index is -3.83. The number of ether oxygens (including phenoxy) is 4. The minimum Gasteiger partial charge on any atom is -0.490 e. The molecule has 9 heteroatoms. The second kappa shape index (κ2) is 7.86. The molecule has 0 saturated carbocycles. The lowest BCUT2D eigenvalue weighted by molar-refractivity contribution is 0.165. The third-order valence-corrected chi connectivity index (χ3v) is 5.87. The third kappa shape index (κ3) is 4.01. The Morgan fingerprint density at radius 3 is 2.25 bits per heavy atom. The van der Waals surface area contributed by atoms with Gasteiger partial charge in [0, 0.05) is 19.0 Å². The van der Waals surface area contributed by atoms with Crippen LogP contribution in [0, 0.1) is 0 Å². The molecule has 0 radical (unpaired) electrons. The number of aliphatic hydroxyl groups is 1. The Bertz CT molecular complexity index is 961. The van der Waals surface area contributed by atoms with Crippen molar-refractivity contribution in [1.29, 1.82) is 0 Å². The van der Waals surface area contributed by atoms with Crippen LogP contribution in [-0.4, -0.2) is 46.5 Å². The molecule has 4 rings (SSSR count). The van der Waals surface area contributed by atoms with Gasteiger partial charge in [-0.05, 0) is 29.8 Å². The predicted molar refractivity (Wildman–Crippen MR) is 99.6 cm³/mol. The Kier molecular flexibility index (Phi) is 5.29. The molecule has 28 heavy (non-hydrogen) atoms. The van der Waals surface area contributed by atoms with Gasteiger partial charge < -0.3 is 24.1 Å². The van der Waals surface area contributed by atoms with Crippen molar-refractivity contribution in [2.75, 3.05) is 33.0 Å². The Labute approximate surface area is 163 Å². The first kappa shape index (κ1) is 18.9. The van der Waals surface area contributed by atoms with Crippen molar-refractivity contribution in [3.8, 4) is 23.0 Å². The molecule has 0 aromatic heterocycles. The second-order valence-electron chi connectivity index (χ2n) is 6.43. The van der Waals surface area contributed by atoms with Gasteiger partial charge in [0.2, 0.25) is 10.0 Å². The van der Waals surface area contributed by atoms with Crippen LogP contribution in [0.25, 0.3) is 0 Å². The summed E-state index contributed by atoms with van der Waals surface area (Å²) in [4.78, 5) is 0.0473. The highest BCUT2D eigenvalue weighted by Gasteiger charge is 2.21. The van der Waals surface area contributed by atoms with Gasteiger partial charge in [0.25, 0.3) is 0 Å². The second-order valence-corrected chi connectivity index (χ2v) is 8.20. The van der Waals surface area contributed by atoms with E-state index in [0.717, 1.165) is 6.42 Å². The maximum Gasteiger partial charge on any atom is 0.240 e. The first-order valence-electron chi connectivity index (χ1n) is 9.00. The number of nitrogens with one attached hydrogen (secondary N) is 1. The Hall–Kier alpha value is -2.49. The average Bonchev–Trinajstić information content (AvgIpc) is 2.96. The molecule has 0 amide bonds. The van der Waals surface area contributed by atoms with Crippen molar-refractivity contribution in [1.82, 2.24) is 4.72 Å². The van der Waals surface area contributed by atoms with Gasteiger partial charge in [-0.25, -0.2) is 13.1 Å². The number of hydrogen-bond acceptors (Lipinski definition) is 7. The standard InChI is InChI=1S/C19H21NO7S/c21-15(13-2-4-16-18(10-13)27-9-8-26-16)12-20-28(22,23)14-3-5-17-19(11-14)25-7-1-6-24-17/h2-5,10-11,15,20-21H,1,6-9,12H2/t15-/m1/s1. The van der Waals surface area contributed by atoms with Gasteiger partial charge in [-0.2, -0.15) is 0 Å². The van der Waals surface area contributed by atoms with Crippen LogP contribution in [0.4, 0.5) is 0 Å². The van der Waals surface area contributed by atoms with Crippen molar-refractivity contribution in [2.24, 2.45) is 0 Å². The van der Waals surface area contributed by atoms with Gasteiger partial charge in [0.1, 0.15) is 13.2 Å². The summed E-state index contributed by atoms with van der Waals surface area (Å²) in [7, 11) is -3.83. The highest BCUT2D eigenvalue weighted by molar-refractivity contribution is 7.89. The molecule has 0 spiro atoms. The summed E-state index contributed by atoms with van der Waals surface area (Å²) in [5, 5.41) is 10.4. The van der Waals surface area contributed by atoms with Gasteiger partial charge in [-0.1, -0.05) is 6.07 Å². The van der Waals surface area contributed by atoms with E-state index in [9.17, 15) is 13.5 Å². The van der Waals surface area contributed by atoms with Crippen LogP contribution in [0.5, 0.6) is 23.0 Å². The molecule has 0 unspecified atom stereocenters. The molecule has 0 saturated heterocycles. The van der Waals surface area contributed by atoms with Crippen molar-refractivity contribution in [2.45, 2.75) is 17.4 Å². The fourth-order valence-electron chi connectivity index (χ4n) is 2.97. The van der Waals surface area contributed by atoms with Crippen LogP contribution in [0.1, 0.15) is 18.1 Å². The summed E-state index contributed by atoms with van der Waals surface area (Å²) < 4.78 is 49.6. The lowest BCUT2D eigenvalue weighted by Gasteiger charge is -2.20. The van der Waals surface area contributed by atoms with E-state index in [2.05, 4.69) is 4.72 Å². The molecule has 2 aliphatic rings. The molecule has 2 aliphatic heterocycles. The van der Waals surface area contributed by atoms with E-state index in [1.807, 2.05) is 0 Å². The maximum absolute atomic E-state index is 12.6. The lowest BCUT2D eigenvalue weighted by atomic mass is 10.1. The van der Waals surface area contributed by atoms with Crippen LogP contribution in [-0.2, 0) is 10.0 Å². The normalized spacial score (nSPS) is 16.9. The molecule has 2 N–H and O–H groups in total. The van der Waals surface area contributed by atoms with E-state index in [-0.39, 0.29) is 11.4 Å². The van der Waals surface area contributed by atoms with Crippen LogP contribution in [0.2, 0.25) is 0 Å². The van der Waals surface area contributed by atoms with Crippen molar-refractivity contribution in [3.05, 3.63) is 42.0 Å². The van der Waals surface area contributed by atoms with Crippen molar-refractivity contribution >= 4 is 10.0 Å². The summed E-state index contributed by atoms with van der Waals surface area (Å²) in [6.45, 7) is 1.72. The van der Waals surface area contributed by atoms with E-state index in [1.165, 1.54) is 12.1 Å². The summed E-state index contributed by atoms with van der Waals surface area (Å²) in [5.41, 5.74) is 0.533. The summed E-state index contributed by atoms with van der Waals surface area (Å²) in [6, 6.07) is 9.49. The zero-order valence-electron chi connectivity index (χ0n) is 15.1. The molecular weight excluding hydrogens is 386 g/mol. The first-order valence-corrected chi connectivity index (χ1v) is 10.5. The van der Waals surface area contributed by atoms with Crippen LogP contribution in [0.15, 0.2) is 41.3 Å². The van der Waals surface area contributed by atoms with Gasteiger partial charge >= 0.3 is 0 Å². The first-order chi connectivity index (χ1) is 13.5. The smallest absolute Gasteiger partial charge is 0.240 e. The monoisotopic (exact) mass is 407 g/mol. The Morgan fingerprint density at radius 1 is 0.857 bits per heavy atom. The minimum absolute atomic E-state index is 0.0473. The largest absolute Gasteiger partial charge is 0.490 e. The molecule has 8 nitrogen and oxygen atoms in total. The summed E-state index contributed by atoms with van der Waals surface area (Å²) >= 11 is 0. The van der Waals surface area contributed by atoms with E-state index >= 15 is 0 Å². The number of hydrogen-bond donors (Lipinski definition) is 2. The van der Waals surface area contributed by atoms with E-state index in [4.69, 9.17) is 18.9 Å². The molecule has 2 heterocycles. The topological polar surface area (TPSA) is 103 Å². The van der Waals surface area contributed by atoms with Crippen LogP contribution in [0.3, 0.4) is 0 Å². The molecule has 0 aliphatic carbocycles. The summed E-state index contributed by atoms with van der Waals surface area (Å²) in [5.74, 6) is 2.06. The average molecular weight is 407 g/mol. The highest BCUT2D eigenvalue weighted by Crippen LogP contribution is 2.33. The molecule has 0 bridgehead atoms. The number of aliphatic hydroxyl groups excluding tert-OH is 1. The fourth-order valence-corrected chi connectivity index (χ4v) is 4.02. The van der Waals surface area contributed by atoms with Crippen molar-refractivity contribution in [3.63, 3.8) is 0 Å². The molecule has 0 fully saturated rings. The third-order valence-electron chi connectivity index (χ3n) is 4.45. The van der Waals surface area contributed by atoms with Crippen LogP contribution >= 0.6 is 0 Å². The number of sulfonamides is 1. The highest BCUT2D eigenvalue weighted by atomic mass is 32.2. The summed E-state index contributed by atoms with van der Waals surface area (Å²) in [6.07, 6.45) is -0.303. The maximum atomic E-state index is 12.6. The number of benzene rings is 2. The molecule has 2 aromatic carbocycles. The molecular formula is C19H21NO7S. The molecule has 1 atom stereocenters. The van der Waals surface area contributed by atoms with Gasteiger partial charge in [-0.15, -0.1) is 0 Å². The van der Waals surface area contributed by atoms with E-state index in [0.29, 0.717) is 55.0 Å². The van der Waals surface area contributed by atoms with Crippen molar-refractivity contribution < 1.29 is 32.5 Å². The van der Waals surface area contributed by atoms with E-state index < -0.39 is 16.1 Å². The van der Waals surface area contributed by atoms with Gasteiger partial charge in [-0.3, -0.25) is 0 Å². The van der Waals surface area contributed by atoms with Gasteiger partial charge in [0.15, 0.2) is 23.0 Å². The van der Waals surface area contributed by atoms with Gasteiger partial charge in [0.05, 0.1) is 24.2 Å². The quantitative estimate of drug-likeness (QED) is 0.776. The molecule has 150 valence electrons. The lowest BCUT2D eigenvalue weighted by Crippen LogP contribution is -2.28. The SMILES string of the molecule is O=S(=O)(NC[C@@H](O)c1ccc2c(c1)OCCO2)c1ccc2c(c1)OCCCO2. The zero-order chi connectivity index (χ0) is 19.6. The predicted octanol–water partition coefficient (Wildman–Crippen LogP) is 1.63. The number of fused-ring (bicyclic) bond motifs is 2.